The lowest BCUT2D eigenvalue weighted by Gasteiger charge is -2.31. The lowest BCUT2D eigenvalue weighted by molar-refractivity contribution is 0.568. The van der Waals surface area contributed by atoms with Crippen LogP contribution in [0.5, 0.6) is 0 Å². The third-order valence-corrected chi connectivity index (χ3v) is 29.5. The quantitative estimate of drug-likeness (QED) is 0.0782. The average Bonchev–Trinajstić information content (AvgIpc) is 1.66. The molecule has 0 saturated heterocycles. The number of fused-ring (bicyclic) bond motifs is 8. The first-order chi connectivity index (χ1) is 76.2. The molecule has 28 rings (SSSR count). The number of aryl methyl sites for hydroxylation is 1. The molecule has 19 aromatic carbocycles. The Hall–Kier alpha value is -18.7. The molecular formula is C132H95N11O4S2. The molecule has 4 aliphatic rings. The molecule has 6 heterocycles. The van der Waals surface area contributed by atoms with Crippen LogP contribution in [0.3, 0.4) is 0 Å². The van der Waals surface area contributed by atoms with Crippen LogP contribution >= 0.6 is 23.1 Å². The Bertz CT molecular complexity index is 9400. The van der Waals surface area contributed by atoms with Gasteiger partial charge in [0.2, 0.25) is 36.4 Å². The van der Waals surface area contributed by atoms with Crippen molar-refractivity contribution >= 4 is 140 Å². The fraction of sp³-hybridized carbons (Fsp3) is 0.0530. The lowest BCUT2D eigenvalue weighted by Crippen LogP contribution is -2.19. The van der Waals surface area contributed by atoms with Crippen molar-refractivity contribution < 1.29 is 25.9 Å². The molecule has 0 spiro atoms. The fourth-order valence-electron chi connectivity index (χ4n) is 19.5. The summed E-state index contributed by atoms with van der Waals surface area (Å²) in [6.45, 7) is 0. The van der Waals surface area contributed by atoms with Crippen LogP contribution in [0.4, 0.5) is 45.5 Å². The second-order valence-electron chi connectivity index (χ2n) is 36.6. The first-order valence-corrected chi connectivity index (χ1v) is 51.2. The zero-order chi connectivity index (χ0) is 104. The van der Waals surface area contributed by atoms with Gasteiger partial charge >= 0.3 is 0 Å². The van der Waals surface area contributed by atoms with Gasteiger partial charge in [-0.3, -0.25) is 0 Å². The highest BCUT2D eigenvalue weighted by Crippen LogP contribution is 2.48. The molecule has 0 radical (unpaired) electrons. The summed E-state index contributed by atoms with van der Waals surface area (Å²) >= 11 is 3.69. The summed E-state index contributed by atoms with van der Waals surface area (Å²) < 4.78 is 75.8. The molecule has 24 aromatic rings. The molecule has 714 valence electrons. The van der Waals surface area contributed by atoms with E-state index in [0.29, 0.717) is 69.6 Å². The molecule has 3 aliphatic carbocycles. The monoisotopic (exact) mass is 1970 g/mol. The zero-order valence-electron chi connectivity index (χ0n) is 86.5. The van der Waals surface area contributed by atoms with Crippen LogP contribution < -0.4 is 20.4 Å². The van der Waals surface area contributed by atoms with E-state index in [1.807, 2.05) is 194 Å². The number of aromatic nitrogens is 7. The van der Waals surface area contributed by atoms with Crippen LogP contribution in [0.25, 0.3) is 172 Å². The van der Waals surface area contributed by atoms with E-state index in [4.69, 9.17) is 30.9 Å². The van der Waals surface area contributed by atoms with Gasteiger partial charge in [-0.1, -0.05) is 273 Å². The van der Waals surface area contributed by atoms with Crippen LogP contribution in [0, 0.1) is 0 Å². The maximum absolute atomic E-state index is 9.14. The Kier molecular flexibility index (Phi) is 23.7. The van der Waals surface area contributed by atoms with Crippen LogP contribution in [-0.4, -0.2) is 40.7 Å². The number of nitrogens with one attached hydrogen (secondary N) is 2. The van der Waals surface area contributed by atoms with Crippen molar-refractivity contribution in [2.45, 2.75) is 48.8 Å². The van der Waals surface area contributed by atoms with Crippen molar-refractivity contribution in [1.29, 1.82) is 0 Å². The number of hydrogen-bond donors (Lipinski definition) is 2. The number of thioether (sulfide) groups is 1. The number of hydrogen-bond acceptors (Lipinski definition) is 17. The summed E-state index contributed by atoms with van der Waals surface area (Å²) in [5.74, 6) is 2.08. The van der Waals surface area contributed by atoms with Gasteiger partial charge < -0.3 is 38.1 Å². The van der Waals surface area contributed by atoms with E-state index in [-0.39, 0.29) is 18.1 Å². The SMILES string of the molecule is C1=CCCC(C2Nc3cc(-c4ccc(N(C5=Cc6ccc(-c7ccc8ccccc8c7)cc6CC5)c5ccc(-c6ccc7nc(-c8ccccc8)sc7c6)cc5)cc4)ccc3S2)=C1.[2H]C1=C(c2ccc3ccccc3c2)CC([2H])c2c([2H])c(Nc3ccc(-c4nnco4)cc3)cc([2H])c21.[2H]c1cc(-c2ccc3ccccc3c2)c([2H])c2ccc(N(c3ccc(-c4ncco4)cc3)c3ccc(-c4nnco4)cc3)cc12.c1ccc(-c2ncco2)cc1. The predicted octanol–water partition coefficient (Wildman–Crippen LogP) is 35.7. The van der Waals surface area contributed by atoms with E-state index < -0.39 is 6.40 Å². The number of oxazole rings is 2. The Morgan fingerprint density at radius 3 is 1.50 bits per heavy atom. The van der Waals surface area contributed by atoms with Gasteiger partial charge in [0.25, 0.3) is 0 Å². The van der Waals surface area contributed by atoms with Gasteiger partial charge in [0.05, 0.1) is 34.8 Å². The van der Waals surface area contributed by atoms with E-state index in [2.05, 4.69) is 275 Å². The van der Waals surface area contributed by atoms with Crippen molar-refractivity contribution in [2.24, 2.45) is 0 Å². The van der Waals surface area contributed by atoms with Crippen LogP contribution in [0.2, 0.25) is 0 Å². The zero-order valence-corrected chi connectivity index (χ0v) is 82.1. The van der Waals surface area contributed by atoms with Gasteiger partial charge in [0.1, 0.15) is 17.5 Å². The van der Waals surface area contributed by atoms with Gasteiger partial charge in [-0.15, -0.1) is 31.7 Å². The van der Waals surface area contributed by atoms with E-state index >= 15 is 0 Å². The average molecular weight is 1970 g/mol. The lowest BCUT2D eigenvalue weighted by atomic mass is 9.88. The summed E-state index contributed by atoms with van der Waals surface area (Å²) in [4.78, 5) is 19.1. The minimum atomic E-state index is -0.742. The molecule has 5 aromatic heterocycles. The van der Waals surface area contributed by atoms with Gasteiger partial charge in [0.15, 0.2) is 0 Å². The highest BCUT2D eigenvalue weighted by Gasteiger charge is 2.28. The molecule has 0 saturated carbocycles. The van der Waals surface area contributed by atoms with Gasteiger partial charge in [-0.2, -0.15) is 0 Å². The molecule has 2 N–H and O–H groups in total. The summed E-state index contributed by atoms with van der Waals surface area (Å²) in [5.41, 5.74) is 29.9. The molecule has 0 amide bonds. The smallest absolute Gasteiger partial charge is 0.247 e. The topological polar surface area (TPSA) is 173 Å². The van der Waals surface area contributed by atoms with Crippen LogP contribution in [0.15, 0.2) is 508 Å². The number of rotatable bonds is 19. The summed E-state index contributed by atoms with van der Waals surface area (Å²) in [5, 5.41) is 32.2. The third kappa shape index (κ3) is 20.1. The van der Waals surface area contributed by atoms with Gasteiger partial charge in [-0.25, -0.2) is 15.0 Å². The van der Waals surface area contributed by atoms with E-state index in [9.17, 15) is 0 Å². The van der Waals surface area contributed by atoms with Crippen molar-refractivity contribution in [1.82, 2.24) is 35.3 Å². The van der Waals surface area contributed by atoms with Crippen LogP contribution in [-0.2, 0) is 12.8 Å². The Morgan fingerprint density at radius 2 is 0.886 bits per heavy atom. The summed E-state index contributed by atoms with van der Waals surface area (Å²) in [6, 6.07) is 137. The second-order valence-corrected chi connectivity index (χ2v) is 38.8. The Labute approximate surface area is 878 Å². The van der Waals surface area contributed by atoms with Gasteiger partial charge in [0, 0.05) is 85.3 Å². The Morgan fingerprint density at radius 1 is 0.369 bits per heavy atom. The number of nitrogens with zero attached hydrogens (tertiary/aromatic N) is 9. The van der Waals surface area contributed by atoms with Crippen molar-refractivity contribution in [3.05, 3.63) is 514 Å². The maximum atomic E-state index is 9.14. The largest absolute Gasteiger partial charge is 0.445 e. The second kappa shape index (κ2) is 41.6. The molecule has 2 unspecified atom stereocenters. The van der Waals surface area contributed by atoms with Gasteiger partial charge in [-0.05, 0) is 353 Å². The Balaban J connectivity index is 0.000000117. The maximum Gasteiger partial charge on any atom is 0.247 e. The third-order valence-electron chi connectivity index (χ3n) is 27.2. The first-order valence-electron chi connectivity index (χ1n) is 52.6. The molecule has 15 nitrogen and oxygen atoms in total. The predicted molar refractivity (Wildman–Crippen MR) is 612 cm³/mol. The molecular weight excluding hydrogens is 1870 g/mol. The van der Waals surface area contributed by atoms with E-state index in [1.54, 1.807) is 48.4 Å². The summed E-state index contributed by atoms with van der Waals surface area (Å²) in [6.07, 6.45) is 21.9. The minimum absolute atomic E-state index is 0.131. The standard InChI is InChI=1S/C58H43N3S2.C37H24N4O2.C28H21N3O.C9H7NO/c1-3-10-41(11-4-1)57-59-53-31-24-49(37-56(53)63-57)40-21-28-51(29-22-40)61(52-30-23-46-34-45(17-18-47(46)35-52)44-16-15-38-9-7-8-14-43(38)33-44)50-26-19-39(20-27-50)48-25-32-55-54(36-48)60-58(62-55)42-12-5-2-6-13-42;1-2-4-28-21-29(6-5-25(28)3-1)30-7-8-32-23-35(18-13-31(32)22-30)41(33-14-9-26(10-15-33)36-38-19-20-42-36)34-16-11-27(12-17-34)37-40-39-24-43-37;1-2-4-21-15-22(6-5-19(21)3-1)23-7-8-25-17-27(14-11-24(25)16-23)30-26-12-9-20(10-13-26)28-31-29-18-32-28;1-2-4-8(5-3-1)9-10-6-7-11-9/h1-5,7-12,14-22,24-29,31-37,58,60H,6,13,23,30H2;1-24H;1-6,9-18,30H,7-8H2;1-7H/i;8D,22D;8D,11D,16D,17D;. The molecule has 0 fully saturated rings. The molecule has 2 atom stereocenters. The van der Waals surface area contributed by atoms with E-state index in [0.717, 1.165) is 147 Å². The first kappa shape index (κ1) is 84.8. The molecule has 149 heavy (non-hydrogen) atoms. The summed E-state index contributed by atoms with van der Waals surface area (Å²) in [7, 11) is 0. The minimum Gasteiger partial charge on any atom is -0.445 e. The molecule has 1 aliphatic heterocycles. The number of allylic oxidation sites excluding steroid dienone is 5. The van der Waals surface area contributed by atoms with Crippen molar-refractivity contribution in [3.63, 3.8) is 0 Å². The highest BCUT2D eigenvalue weighted by molar-refractivity contribution is 8.00. The van der Waals surface area contributed by atoms with Crippen LogP contribution in [0.1, 0.15) is 61.7 Å². The highest BCUT2D eigenvalue weighted by atomic mass is 32.2. The molecule has 17 heteroatoms. The van der Waals surface area contributed by atoms with Crippen molar-refractivity contribution in [2.75, 3.05) is 20.4 Å². The number of anilines is 8. The number of benzene rings is 19. The molecule has 0 bridgehead atoms. The van der Waals surface area contributed by atoms with Crippen molar-refractivity contribution in [3.8, 4) is 101 Å². The normalized spacial score (nSPS) is 14.4. The fourth-order valence-corrected chi connectivity index (χ4v) is 21.7. The number of thiazole rings is 1. The van der Waals surface area contributed by atoms with E-state index in [1.165, 1.54) is 94.6 Å².